The molecule has 0 aliphatic carbocycles. The Bertz CT molecular complexity index is 662. The third kappa shape index (κ3) is 5.10. The van der Waals surface area contributed by atoms with Crippen LogP contribution in [0.4, 0.5) is 5.00 Å². The number of aromatic nitrogens is 1. The zero-order valence-electron chi connectivity index (χ0n) is 14.9. The molecule has 1 saturated heterocycles. The molecule has 8 heteroatoms. The molecule has 2 aromatic rings. The number of piperazine rings is 1. The van der Waals surface area contributed by atoms with Crippen LogP contribution in [-0.2, 0) is 6.54 Å². The van der Waals surface area contributed by atoms with E-state index in [1.807, 2.05) is 13.1 Å². The maximum atomic E-state index is 5.38. The number of halogens is 1. The maximum absolute atomic E-state index is 5.38. The molecule has 1 aliphatic heterocycles. The quantitative estimate of drug-likeness (QED) is 0.418. The lowest BCUT2D eigenvalue weighted by Crippen LogP contribution is -2.52. The maximum Gasteiger partial charge on any atom is 0.194 e. The van der Waals surface area contributed by atoms with E-state index in [9.17, 15) is 0 Å². The zero-order chi connectivity index (χ0) is 16.9. The number of hydrogen-bond acceptors (Lipinski definition) is 5. The van der Waals surface area contributed by atoms with Gasteiger partial charge in [-0.15, -0.1) is 35.3 Å². The van der Waals surface area contributed by atoms with Gasteiger partial charge in [-0.25, -0.2) is 0 Å². The van der Waals surface area contributed by atoms with Crippen molar-refractivity contribution in [3.05, 3.63) is 35.0 Å². The van der Waals surface area contributed by atoms with Crippen LogP contribution in [0.15, 0.2) is 33.1 Å². The number of rotatable bonds is 4. The smallest absolute Gasteiger partial charge is 0.194 e. The Morgan fingerprint density at radius 1 is 1.36 bits per heavy atom. The van der Waals surface area contributed by atoms with Crippen LogP contribution in [0.3, 0.4) is 0 Å². The Morgan fingerprint density at radius 3 is 2.68 bits per heavy atom. The van der Waals surface area contributed by atoms with Gasteiger partial charge in [0.2, 0.25) is 0 Å². The Balaban J connectivity index is 0.00000225. The minimum Gasteiger partial charge on any atom is -0.360 e. The van der Waals surface area contributed by atoms with Gasteiger partial charge in [-0.1, -0.05) is 19.0 Å². The molecule has 0 bridgehead atoms. The third-order valence-corrected chi connectivity index (χ3v) is 5.13. The highest BCUT2D eigenvalue weighted by Gasteiger charge is 2.20. The fraction of sp³-hybridized carbons (Fsp3) is 0.529. The first kappa shape index (κ1) is 20.0. The Labute approximate surface area is 170 Å². The van der Waals surface area contributed by atoms with Gasteiger partial charge in [0, 0.05) is 39.3 Å². The largest absolute Gasteiger partial charge is 0.360 e. The molecule has 2 aromatic heterocycles. The Kier molecular flexibility index (Phi) is 7.55. The van der Waals surface area contributed by atoms with Crippen LogP contribution in [0.25, 0.3) is 0 Å². The van der Waals surface area contributed by atoms with Crippen molar-refractivity contribution in [2.45, 2.75) is 26.3 Å². The number of hydrogen-bond donors (Lipinski definition) is 1. The van der Waals surface area contributed by atoms with E-state index >= 15 is 0 Å². The summed E-state index contributed by atoms with van der Waals surface area (Å²) in [6, 6.07) is 6.30. The average Bonchev–Trinajstić information content (AvgIpc) is 3.28. The molecule has 0 unspecified atom stereocenters. The first-order valence-corrected chi connectivity index (χ1v) is 9.25. The molecule has 0 amide bonds. The van der Waals surface area contributed by atoms with Crippen molar-refractivity contribution in [3.63, 3.8) is 0 Å². The van der Waals surface area contributed by atoms with E-state index in [1.165, 1.54) is 5.00 Å². The molecule has 1 aliphatic rings. The fourth-order valence-corrected chi connectivity index (χ4v) is 3.56. The van der Waals surface area contributed by atoms with Crippen molar-refractivity contribution >= 4 is 46.3 Å². The van der Waals surface area contributed by atoms with E-state index in [-0.39, 0.29) is 24.0 Å². The first-order chi connectivity index (χ1) is 11.7. The summed E-state index contributed by atoms with van der Waals surface area (Å²) in [4.78, 5) is 9.14. The van der Waals surface area contributed by atoms with Gasteiger partial charge in [-0.2, -0.15) is 0 Å². The highest BCUT2D eigenvalue weighted by molar-refractivity contribution is 14.0. The van der Waals surface area contributed by atoms with E-state index < -0.39 is 0 Å². The molecule has 0 spiro atoms. The van der Waals surface area contributed by atoms with Gasteiger partial charge in [0.25, 0.3) is 0 Å². The highest BCUT2D eigenvalue weighted by Crippen LogP contribution is 2.22. The van der Waals surface area contributed by atoms with Crippen LogP contribution in [0.2, 0.25) is 0 Å². The van der Waals surface area contributed by atoms with Crippen molar-refractivity contribution in [2.75, 3.05) is 38.1 Å². The molecule has 138 valence electrons. The van der Waals surface area contributed by atoms with E-state index in [4.69, 9.17) is 4.52 Å². The van der Waals surface area contributed by atoms with Crippen molar-refractivity contribution in [3.8, 4) is 0 Å². The second kappa shape index (κ2) is 9.42. The van der Waals surface area contributed by atoms with Gasteiger partial charge in [-0.3, -0.25) is 4.99 Å². The molecular weight excluding hydrogens is 449 g/mol. The van der Waals surface area contributed by atoms with Crippen molar-refractivity contribution < 1.29 is 4.52 Å². The van der Waals surface area contributed by atoms with E-state index in [0.717, 1.165) is 43.6 Å². The molecule has 1 fully saturated rings. The minimum atomic E-state index is 0. The summed E-state index contributed by atoms with van der Waals surface area (Å²) < 4.78 is 5.38. The van der Waals surface area contributed by atoms with Crippen molar-refractivity contribution in [2.24, 2.45) is 4.99 Å². The first-order valence-electron chi connectivity index (χ1n) is 8.37. The highest BCUT2D eigenvalue weighted by atomic mass is 127. The zero-order valence-corrected chi connectivity index (χ0v) is 18.1. The fourth-order valence-electron chi connectivity index (χ4n) is 2.77. The summed E-state index contributed by atoms with van der Waals surface area (Å²) in [5.41, 5.74) is 0.992. The van der Waals surface area contributed by atoms with Gasteiger partial charge >= 0.3 is 0 Å². The van der Waals surface area contributed by atoms with Crippen molar-refractivity contribution in [1.29, 1.82) is 0 Å². The summed E-state index contributed by atoms with van der Waals surface area (Å²) in [7, 11) is 1.83. The van der Waals surface area contributed by atoms with Gasteiger partial charge < -0.3 is 19.6 Å². The van der Waals surface area contributed by atoms with E-state index in [0.29, 0.717) is 12.5 Å². The van der Waals surface area contributed by atoms with Crippen LogP contribution in [-0.4, -0.2) is 49.2 Å². The number of nitrogens with zero attached hydrogens (tertiary/aromatic N) is 4. The normalized spacial score (nSPS) is 15.4. The lowest BCUT2D eigenvalue weighted by Gasteiger charge is -2.36. The number of anilines is 1. The standard InChI is InChI=1S/C17H25N5OS.HI/c1-13(2)15-11-14(23-20-15)12-19-17(18-3)22-8-6-21(7-9-22)16-5-4-10-24-16;/h4-5,10-11,13H,6-9,12H2,1-3H3,(H,18,19);1H. The molecule has 3 heterocycles. The van der Waals surface area contributed by atoms with Crippen LogP contribution >= 0.6 is 35.3 Å². The van der Waals surface area contributed by atoms with Gasteiger partial charge in [-0.05, 0) is 23.4 Å². The Hall–Kier alpha value is -1.29. The molecule has 1 N–H and O–H groups in total. The molecule has 6 nitrogen and oxygen atoms in total. The molecule has 0 radical (unpaired) electrons. The van der Waals surface area contributed by atoms with Crippen LogP contribution in [0, 0.1) is 0 Å². The third-order valence-electron chi connectivity index (χ3n) is 4.20. The predicted octanol–water partition coefficient (Wildman–Crippen LogP) is 3.38. The summed E-state index contributed by atoms with van der Waals surface area (Å²) in [6.45, 7) is 8.79. The molecule has 25 heavy (non-hydrogen) atoms. The summed E-state index contributed by atoms with van der Waals surface area (Å²) >= 11 is 1.80. The van der Waals surface area contributed by atoms with Crippen LogP contribution in [0.1, 0.15) is 31.2 Å². The second-order valence-electron chi connectivity index (χ2n) is 6.20. The summed E-state index contributed by atoms with van der Waals surface area (Å²) in [6.07, 6.45) is 0. The molecule has 0 saturated carbocycles. The average molecular weight is 475 g/mol. The van der Waals surface area contributed by atoms with Crippen LogP contribution < -0.4 is 10.2 Å². The molecule has 0 aromatic carbocycles. The van der Waals surface area contributed by atoms with E-state index in [2.05, 4.69) is 56.6 Å². The topological polar surface area (TPSA) is 56.9 Å². The predicted molar refractivity (Wildman–Crippen MR) is 114 cm³/mol. The number of aliphatic imine (C=N–C) groups is 1. The molecule has 3 rings (SSSR count). The minimum absolute atomic E-state index is 0. The van der Waals surface area contributed by atoms with Crippen LogP contribution in [0.5, 0.6) is 0 Å². The summed E-state index contributed by atoms with van der Waals surface area (Å²) in [5, 5.41) is 11.0. The van der Waals surface area contributed by atoms with E-state index in [1.54, 1.807) is 11.3 Å². The Morgan fingerprint density at radius 2 is 2.12 bits per heavy atom. The van der Waals surface area contributed by atoms with Gasteiger partial charge in [0.05, 0.1) is 17.2 Å². The summed E-state index contributed by atoms with van der Waals surface area (Å²) in [5.74, 6) is 2.15. The monoisotopic (exact) mass is 475 g/mol. The van der Waals surface area contributed by atoms with Gasteiger partial charge in [0.1, 0.15) is 0 Å². The number of nitrogens with one attached hydrogen (secondary N) is 1. The SMILES string of the molecule is CN=C(NCc1cc(C(C)C)no1)N1CCN(c2cccs2)CC1.I. The molecule has 0 atom stereocenters. The molecular formula is C17H26IN5OS. The van der Waals surface area contributed by atoms with Crippen molar-refractivity contribution in [1.82, 2.24) is 15.4 Å². The lowest BCUT2D eigenvalue weighted by atomic mass is 10.1. The number of thiophene rings is 1. The van der Waals surface area contributed by atoms with Gasteiger partial charge in [0.15, 0.2) is 11.7 Å². The second-order valence-corrected chi connectivity index (χ2v) is 7.13. The number of guanidine groups is 1. The lowest BCUT2D eigenvalue weighted by molar-refractivity contribution is 0.355.